The first-order chi connectivity index (χ1) is 7.70. The maximum atomic E-state index is 12.4. The monoisotopic (exact) mass is 253 g/mol. The summed E-state index contributed by atoms with van der Waals surface area (Å²) in [5, 5.41) is 11.0. The van der Waals surface area contributed by atoms with Crippen LogP contribution in [0.25, 0.3) is 0 Å². The quantitative estimate of drug-likeness (QED) is 0.546. The van der Waals surface area contributed by atoms with Crippen LogP contribution in [0.1, 0.15) is 13.3 Å². The van der Waals surface area contributed by atoms with Gasteiger partial charge >= 0.3 is 12.1 Å². The van der Waals surface area contributed by atoms with E-state index >= 15 is 0 Å². The van der Waals surface area contributed by atoms with E-state index in [0.717, 1.165) is 0 Å². The van der Waals surface area contributed by atoms with Gasteiger partial charge in [-0.15, -0.1) is 0 Å². The molecule has 2 N–H and O–H groups in total. The lowest BCUT2D eigenvalue weighted by atomic mass is 10.0. The fourth-order valence-electron chi connectivity index (χ4n) is 1.29. The average Bonchev–Trinajstić information content (AvgIpc) is 2.42. The van der Waals surface area contributed by atoms with Crippen LogP contribution in [0.5, 0.6) is 0 Å². The van der Waals surface area contributed by atoms with Crippen LogP contribution in [-0.2, 0) is 14.3 Å². The highest BCUT2D eigenvalue weighted by molar-refractivity contribution is 5.93. The molecule has 1 saturated heterocycles. The third kappa shape index (κ3) is 2.57. The molecule has 1 aliphatic heterocycles. The normalized spacial score (nSPS) is 27.1. The van der Waals surface area contributed by atoms with Crippen molar-refractivity contribution in [2.24, 2.45) is 0 Å². The summed E-state index contributed by atoms with van der Waals surface area (Å²) in [7, 11) is 0. The number of carbonyl (C=O) groups excluding carboxylic acids is 2. The maximum Gasteiger partial charge on any atom is 0.426 e. The van der Waals surface area contributed by atoms with Gasteiger partial charge in [-0.05, 0) is 6.92 Å². The molecule has 0 aromatic carbocycles. The molecule has 0 bridgehead atoms. The van der Waals surface area contributed by atoms with Crippen LogP contribution in [0.15, 0.2) is 11.8 Å². The van der Waals surface area contributed by atoms with Gasteiger partial charge in [0, 0.05) is 18.2 Å². The Labute approximate surface area is 94.2 Å². The van der Waals surface area contributed by atoms with Gasteiger partial charge in [0.05, 0.1) is 6.61 Å². The number of hydrogen-bond acceptors (Lipinski definition) is 4. The van der Waals surface area contributed by atoms with Crippen LogP contribution in [0.2, 0.25) is 0 Å². The van der Waals surface area contributed by atoms with Crippen molar-refractivity contribution < 1.29 is 32.6 Å². The van der Waals surface area contributed by atoms with Crippen molar-refractivity contribution in [1.29, 1.82) is 0 Å². The summed E-state index contributed by atoms with van der Waals surface area (Å²) in [6, 6.07) is 0. The molecule has 8 heteroatoms. The van der Waals surface area contributed by atoms with Gasteiger partial charge in [0.15, 0.2) is 0 Å². The van der Waals surface area contributed by atoms with E-state index in [1.807, 2.05) is 0 Å². The molecule has 17 heavy (non-hydrogen) atoms. The van der Waals surface area contributed by atoms with Gasteiger partial charge in [-0.1, -0.05) is 0 Å². The second kappa shape index (κ2) is 4.36. The molecule has 1 heterocycles. The number of amides is 1. The van der Waals surface area contributed by atoms with Crippen LogP contribution in [0, 0.1) is 0 Å². The fourth-order valence-corrected chi connectivity index (χ4v) is 1.29. The minimum absolute atomic E-state index is 0.0557. The van der Waals surface area contributed by atoms with Gasteiger partial charge < -0.3 is 15.2 Å². The van der Waals surface area contributed by atoms with Crippen molar-refractivity contribution in [3.05, 3.63) is 11.8 Å². The first-order valence-corrected chi connectivity index (χ1v) is 4.68. The van der Waals surface area contributed by atoms with Crippen molar-refractivity contribution in [1.82, 2.24) is 5.32 Å². The highest BCUT2D eigenvalue weighted by atomic mass is 19.4. The van der Waals surface area contributed by atoms with E-state index in [-0.39, 0.29) is 12.3 Å². The highest BCUT2D eigenvalue weighted by Crippen LogP contribution is 2.38. The number of rotatable bonds is 2. The summed E-state index contributed by atoms with van der Waals surface area (Å²) in [6.07, 6.45) is -5.40. The van der Waals surface area contributed by atoms with Crippen LogP contribution in [0.4, 0.5) is 13.2 Å². The van der Waals surface area contributed by atoms with Gasteiger partial charge in [-0.3, -0.25) is 4.79 Å². The molecule has 0 radical (unpaired) electrons. The maximum absolute atomic E-state index is 12.4. The topological polar surface area (TPSA) is 75.6 Å². The first-order valence-electron chi connectivity index (χ1n) is 4.68. The molecule has 0 spiro atoms. The Bertz CT molecular complexity index is 377. The van der Waals surface area contributed by atoms with E-state index in [2.05, 4.69) is 4.74 Å². The molecule has 0 aromatic rings. The van der Waals surface area contributed by atoms with E-state index in [9.17, 15) is 27.9 Å². The van der Waals surface area contributed by atoms with Crippen LogP contribution >= 0.6 is 0 Å². The predicted octanol–water partition coefficient (Wildman–Crippen LogP) is 0.247. The smallest absolute Gasteiger partial charge is 0.426 e. The standard InChI is InChI=1S/C9H10F3NO4/c1-2-17-6(14)3-5-4-8(16,7(15)13-5)9(10,11)12/h3,16H,2,4H2,1H3,(H,13,15)/b5-3-/t8-/m0/s1. The molecular weight excluding hydrogens is 243 g/mol. The van der Waals surface area contributed by atoms with Crippen molar-refractivity contribution in [3.8, 4) is 0 Å². The molecule has 0 aliphatic carbocycles. The number of alkyl halides is 3. The fraction of sp³-hybridized carbons (Fsp3) is 0.556. The molecule has 1 atom stereocenters. The van der Waals surface area contributed by atoms with E-state index in [4.69, 9.17) is 0 Å². The Hall–Kier alpha value is -1.57. The average molecular weight is 253 g/mol. The van der Waals surface area contributed by atoms with E-state index in [1.165, 1.54) is 6.92 Å². The number of aliphatic hydroxyl groups is 1. The summed E-state index contributed by atoms with van der Waals surface area (Å²) in [5.41, 5.74) is -3.81. The number of carbonyl (C=O) groups is 2. The SMILES string of the molecule is CCOC(=O)/C=C1/C[C@@](O)(C(F)(F)F)C(=O)N1. The Morgan fingerprint density at radius 1 is 1.65 bits per heavy atom. The van der Waals surface area contributed by atoms with Crippen molar-refractivity contribution >= 4 is 11.9 Å². The summed E-state index contributed by atoms with van der Waals surface area (Å²) in [4.78, 5) is 22.0. The summed E-state index contributed by atoms with van der Waals surface area (Å²) >= 11 is 0. The van der Waals surface area contributed by atoms with Gasteiger partial charge in [-0.25, -0.2) is 4.79 Å². The first kappa shape index (κ1) is 13.5. The number of halogens is 3. The number of esters is 1. The predicted molar refractivity (Wildman–Crippen MR) is 48.5 cm³/mol. The minimum atomic E-state index is -5.10. The van der Waals surface area contributed by atoms with E-state index in [0.29, 0.717) is 6.08 Å². The lowest BCUT2D eigenvalue weighted by Crippen LogP contribution is -2.50. The van der Waals surface area contributed by atoms with Crippen molar-refractivity contribution in [3.63, 3.8) is 0 Å². The van der Waals surface area contributed by atoms with Crippen molar-refractivity contribution in [2.75, 3.05) is 6.61 Å². The zero-order valence-corrected chi connectivity index (χ0v) is 8.80. The highest BCUT2D eigenvalue weighted by Gasteiger charge is 2.62. The third-order valence-corrected chi connectivity index (χ3v) is 2.14. The minimum Gasteiger partial charge on any atom is -0.463 e. The van der Waals surface area contributed by atoms with Crippen LogP contribution in [-0.4, -0.2) is 35.4 Å². The van der Waals surface area contributed by atoms with Gasteiger partial charge in [0.2, 0.25) is 5.60 Å². The molecule has 0 saturated carbocycles. The van der Waals surface area contributed by atoms with E-state index < -0.39 is 30.1 Å². The largest absolute Gasteiger partial charge is 0.463 e. The zero-order valence-electron chi connectivity index (χ0n) is 8.80. The molecule has 5 nitrogen and oxygen atoms in total. The molecule has 96 valence electrons. The Morgan fingerprint density at radius 3 is 2.65 bits per heavy atom. The molecule has 0 unspecified atom stereocenters. The molecular formula is C9H10F3NO4. The second-order valence-electron chi connectivity index (χ2n) is 3.41. The van der Waals surface area contributed by atoms with Gasteiger partial charge in [-0.2, -0.15) is 13.2 Å². The molecule has 1 rings (SSSR count). The molecule has 0 aromatic heterocycles. The molecule has 1 fully saturated rings. The van der Waals surface area contributed by atoms with Crippen LogP contribution in [0.3, 0.4) is 0 Å². The lowest BCUT2D eigenvalue weighted by Gasteiger charge is -2.21. The molecule has 1 aliphatic rings. The summed E-state index contributed by atoms with van der Waals surface area (Å²) < 4.78 is 41.7. The zero-order chi connectivity index (χ0) is 13.3. The Kier molecular flexibility index (Phi) is 3.46. The summed E-state index contributed by atoms with van der Waals surface area (Å²) in [5.74, 6) is -2.48. The number of ether oxygens (including phenoxy) is 1. The van der Waals surface area contributed by atoms with Gasteiger partial charge in [0.25, 0.3) is 5.91 Å². The van der Waals surface area contributed by atoms with Crippen LogP contribution < -0.4 is 5.32 Å². The number of nitrogens with one attached hydrogen (secondary N) is 1. The third-order valence-electron chi connectivity index (χ3n) is 2.14. The lowest BCUT2D eigenvalue weighted by molar-refractivity contribution is -0.246. The van der Waals surface area contributed by atoms with E-state index in [1.54, 1.807) is 5.32 Å². The second-order valence-corrected chi connectivity index (χ2v) is 3.41. The molecule has 1 amide bonds. The van der Waals surface area contributed by atoms with Crippen molar-refractivity contribution in [2.45, 2.75) is 25.1 Å². The van der Waals surface area contributed by atoms with Gasteiger partial charge in [0.1, 0.15) is 0 Å². The summed E-state index contributed by atoms with van der Waals surface area (Å²) in [6.45, 7) is 1.58. The Balaban J connectivity index is 2.87. The Morgan fingerprint density at radius 2 is 2.24 bits per heavy atom. The number of hydrogen-bond donors (Lipinski definition) is 2.